The maximum atomic E-state index is 11.4. The van der Waals surface area contributed by atoms with Crippen molar-refractivity contribution >= 4 is 15.9 Å². The lowest BCUT2D eigenvalue weighted by atomic mass is 10.3. The SMILES string of the molecule is CC[n+]1cccc(C)c1.O=C(NS(=O)(=O)C(F)(F)F)C(F)(F)F. The first-order valence-electron chi connectivity index (χ1n) is 5.86. The van der Waals surface area contributed by atoms with Crippen LogP contribution in [-0.2, 0) is 21.4 Å². The van der Waals surface area contributed by atoms with E-state index in [1.54, 1.807) is 0 Å². The maximum absolute atomic E-state index is 11.4. The number of pyridine rings is 1. The van der Waals surface area contributed by atoms with E-state index in [2.05, 4.69) is 42.9 Å². The Morgan fingerprint density at radius 3 is 2.04 bits per heavy atom. The topological polar surface area (TPSA) is 67.1 Å². The molecule has 1 aromatic heterocycles. The molecular weight excluding hydrogens is 354 g/mol. The number of amides is 1. The lowest BCUT2D eigenvalue weighted by Crippen LogP contribution is -2.46. The number of nitrogens with one attached hydrogen (secondary N) is 1. The number of carbonyl (C=O) groups is 1. The highest BCUT2D eigenvalue weighted by Crippen LogP contribution is 2.23. The number of rotatable bonds is 2. The van der Waals surface area contributed by atoms with Crippen LogP contribution in [0.4, 0.5) is 26.3 Å². The zero-order valence-electron chi connectivity index (χ0n) is 11.9. The smallest absolute Gasteiger partial charge is 0.263 e. The molecule has 0 aliphatic heterocycles. The highest BCUT2D eigenvalue weighted by Gasteiger charge is 2.51. The van der Waals surface area contributed by atoms with Crippen LogP contribution in [0.25, 0.3) is 0 Å². The molecule has 1 N–H and O–H groups in total. The fourth-order valence-electron chi connectivity index (χ4n) is 1.09. The minimum atomic E-state index is -6.30. The van der Waals surface area contributed by atoms with Gasteiger partial charge < -0.3 is 0 Å². The summed E-state index contributed by atoms with van der Waals surface area (Å²) in [7, 11) is -6.30. The summed E-state index contributed by atoms with van der Waals surface area (Å²) >= 11 is 0. The molecule has 1 amide bonds. The molecule has 0 bridgehead atoms. The van der Waals surface area contributed by atoms with Crippen LogP contribution in [0.5, 0.6) is 0 Å². The van der Waals surface area contributed by atoms with E-state index >= 15 is 0 Å². The van der Waals surface area contributed by atoms with Gasteiger partial charge in [-0.1, -0.05) is 0 Å². The van der Waals surface area contributed by atoms with E-state index in [1.807, 2.05) is 0 Å². The van der Waals surface area contributed by atoms with E-state index in [0.29, 0.717) is 0 Å². The van der Waals surface area contributed by atoms with Crippen LogP contribution in [0.3, 0.4) is 0 Å². The molecular formula is C11H13F6N2O3S+. The van der Waals surface area contributed by atoms with Crippen molar-refractivity contribution in [3.05, 3.63) is 30.1 Å². The largest absolute Gasteiger partial charge is 0.516 e. The highest BCUT2D eigenvalue weighted by atomic mass is 32.2. The average Bonchev–Trinajstić information content (AvgIpc) is 2.36. The summed E-state index contributed by atoms with van der Waals surface area (Å²) in [5.74, 6) is -3.20. The number of aromatic nitrogens is 1. The average molecular weight is 367 g/mol. The predicted octanol–water partition coefficient (Wildman–Crippen LogP) is 1.82. The first-order valence-corrected chi connectivity index (χ1v) is 7.35. The van der Waals surface area contributed by atoms with E-state index in [9.17, 15) is 39.6 Å². The number of sulfonamides is 1. The molecule has 12 heteroatoms. The molecule has 132 valence electrons. The van der Waals surface area contributed by atoms with E-state index in [1.165, 1.54) is 5.56 Å². The summed E-state index contributed by atoms with van der Waals surface area (Å²) in [6.07, 6.45) is -1.48. The Hall–Kier alpha value is -1.85. The Bertz CT molecular complexity index is 640. The Kier molecular flexibility index (Phi) is 7.00. The summed E-state index contributed by atoms with van der Waals surface area (Å²) in [4.78, 5) is 9.81. The second-order valence-corrected chi connectivity index (χ2v) is 5.76. The molecule has 0 saturated carbocycles. The summed E-state index contributed by atoms with van der Waals surface area (Å²) in [5, 5.41) is 0. The van der Waals surface area contributed by atoms with Crippen LogP contribution in [0.1, 0.15) is 12.5 Å². The van der Waals surface area contributed by atoms with Gasteiger partial charge in [0.15, 0.2) is 12.4 Å². The van der Waals surface area contributed by atoms with Gasteiger partial charge in [-0.3, -0.25) is 4.79 Å². The second kappa shape index (κ2) is 7.62. The van der Waals surface area contributed by atoms with Crippen molar-refractivity contribution in [3.63, 3.8) is 0 Å². The second-order valence-electron chi connectivity index (χ2n) is 4.09. The molecule has 1 aromatic rings. The Balaban J connectivity index is 0.000000459. The molecule has 0 unspecified atom stereocenters. The van der Waals surface area contributed by atoms with E-state index in [0.717, 1.165) is 6.54 Å². The van der Waals surface area contributed by atoms with Crippen LogP contribution in [0.2, 0.25) is 0 Å². The predicted molar refractivity (Wildman–Crippen MR) is 66.2 cm³/mol. The third kappa shape index (κ3) is 7.30. The molecule has 0 atom stereocenters. The first-order chi connectivity index (χ1) is 10.2. The molecule has 5 nitrogen and oxygen atoms in total. The zero-order valence-corrected chi connectivity index (χ0v) is 12.7. The Labute approximate surface area is 128 Å². The molecule has 1 heterocycles. The van der Waals surface area contributed by atoms with Crippen molar-refractivity contribution in [1.29, 1.82) is 0 Å². The van der Waals surface area contributed by atoms with Crippen LogP contribution in [0.15, 0.2) is 24.5 Å². The molecule has 0 aromatic carbocycles. The fourth-order valence-corrected chi connectivity index (χ4v) is 1.56. The van der Waals surface area contributed by atoms with Crippen LogP contribution >= 0.6 is 0 Å². The summed E-state index contributed by atoms with van der Waals surface area (Å²) in [6.45, 7) is 5.30. The van der Waals surface area contributed by atoms with Crippen LogP contribution in [-0.4, -0.2) is 26.0 Å². The van der Waals surface area contributed by atoms with Crippen molar-refractivity contribution in [2.75, 3.05) is 0 Å². The van der Waals surface area contributed by atoms with Crippen molar-refractivity contribution in [3.8, 4) is 0 Å². The molecule has 0 aliphatic rings. The minimum Gasteiger partial charge on any atom is -0.263 e. The summed E-state index contributed by atoms with van der Waals surface area (Å²) in [6, 6.07) is 4.17. The third-order valence-electron chi connectivity index (χ3n) is 2.16. The molecule has 0 radical (unpaired) electrons. The quantitative estimate of drug-likeness (QED) is 0.641. The van der Waals surface area contributed by atoms with Gasteiger partial charge in [0.1, 0.15) is 6.54 Å². The van der Waals surface area contributed by atoms with Gasteiger partial charge in [-0.25, -0.2) is 9.29 Å². The van der Waals surface area contributed by atoms with Gasteiger partial charge in [-0.15, -0.1) is 0 Å². The molecule has 0 spiro atoms. The zero-order chi connectivity index (χ0) is 18.5. The van der Waals surface area contributed by atoms with Crippen molar-refractivity contribution in [1.82, 2.24) is 4.72 Å². The van der Waals surface area contributed by atoms with Crippen molar-refractivity contribution in [2.45, 2.75) is 32.1 Å². The number of carbonyl (C=O) groups excluding carboxylic acids is 1. The van der Waals surface area contributed by atoms with Crippen molar-refractivity contribution in [2.24, 2.45) is 0 Å². The summed E-state index contributed by atoms with van der Waals surface area (Å²) < 4.78 is 90.1. The Morgan fingerprint density at radius 2 is 1.74 bits per heavy atom. The number of alkyl halides is 6. The lowest BCUT2D eigenvalue weighted by molar-refractivity contribution is -0.693. The number of aryl methyl sites for hydroxylation is 2. The van der Waals surface area contributed by atoms with Gasteiger partial charge in [0.05, 0.1) is 0 Å². The van der Waals surface area contributed by atoms with Gasteiger partial charge in [0, 0.05) is 11.6 Å². The lowest BCUT2D eigenvalue weighted by Gasteiger charge is -2.10. The fraction of sp³-hybridized carbons (Fsp3) is 0.455. The first kappa shape index (κ1) is 21.1. The number of hydrogen-bond acceptors (Lipinski definition) is 3. The van der Waals surface area contributed by atoms with E-state index in [4.69, 9.17) is 0 Å². The Morgan fingerprint density at radius 1 is 1.22 bits per heavy atom. The van der Waals surface area contributed by atoms with Gasteiger partial charge >= 0.3 is 27.6 Å². The summed E-state index contributed by atoms with van der Waals surface area (Å²) in [5.41, 5.74) is -4.65. The van der Waals surface area contributed by atoms with Gasteiger partial charge in [-0.05, 0) is 19.9 Å². The minimum absolute atomic E-state index is 0.181. The molecule has 0 fully saturated rings. The molecule has 0 aliphatic carbocycles. The number of hydrogen-bond donors (Lipinski definition) is 1. The molecule has 1 rings (SSSR count). The molecule has 0 saturated heterocycles. The maximum Gasteiger partial charge on any atom is 0.516 e. The van der Waals surface area contributed by atoms with Crippen LogP contribution in [0, 0.1) is 6.92 Å². The van der Waals surface area contributed by atoms with Gasteiger partial charge in [0.25, 0.3) is 0 Å². The monoisotopic (exact) mass is 367 g/mol. The van der Waals surface area contributed by atoms with Gasteiger partial charge in [-0.2, -0.15) is 34.8 Å². The number of halogens is 6. The standard InChI is InChI=1S/C8H12N.C3HF6NO3S/c1-3-9-6-4-5-8(2)7-9;4-2(5,6)1(11)10-14(12,13)3(7,8)9/h4-7H,3H2,1-2H3;(H,10,11)/q+1;. The molecule has 23 heavy (non-hydrogen) atoms. The normalized spacial score (nSPS) is 12.2. The highest BCUT2D eigenvalue weighted by molar-refractivity contribution is 7.90. The van der Waals surface area contributed by atoms with Crippen LogP contribution < -0.4 is 9.29 Å². The van der Waals surface area contributed by atoms with E-state index < -0.39 is 27.6 Å². The van der Waals surface area contributed by atoms with Gasteiger partial charge in [0.2, 0.25) is 0 Å². The van der Waals surface area contributed by atoms with E-state index in [-0.39, 0.29) is 4.72 Å². The number of nitrogens with zero attached hydrogens (tertiary/aromatic N) is 1. The van der Waals surface area contributed by atoms with Crippen molar-refractivity contribution < 1.29 is 44.1 Å². The third-order valence-corrected chi connectivity index (χ3v) is 3.22.